The Hall–Kier alpha value is -1.12. The molecule has 0 saturated carbocycles. The van der Waals surface area contributed by atoms with E-state index >= 15 is 0 Å². The van der Waals surface area contributed by atoms with Gasteiger partial charge in [0.1, 0.15) is 0 Å². The van der Waals surface area contributed by atoms with Crippen LogP contribution in [0.1, 0.15) is 47.5 Å². The molecule has 10 nitrogen and oxygen atoms in total. The van der Waals surface area contributed by atoms with E-state index < -0.39 is 107 Å². The molecule has 258 valence electrons. The molecule has 1 aliphatic heterocycles. The van der Waals surface area contributed by atoms with Gasteiger partial charge in [-0.15, -0.1) is 0 Å². The average Bonchev–Trinajstić information content (AvgIpc) is 2.73. The van der Waals surface area contributed by atoms with Crippen molar-refractivity contribution in [3.63, 3.8) is 0 Å². The molecule has 0 N–H and O–H groups in total. The van der Waals surface area contributed by atoms with Crippen LogP contribution in [0, 0.1) is 0 Å². The van der Waals surface area contributed by atoms with Crippen molar-refractivity contribution >= 4 is 39.6 Å². The molecule has 0 bridgehead atoms. The Balaban J connectivity index is 4.00. The molecule has 1 rings (SSSR count). The van der Waals surface area contributed by atoms with Crippen molar-refractivity contribution in [1.82, 2.24) is 4.90 Å². The van der Waals surface area contributed by atoms with Gasteiger partial charge in [-0.2, -0.15) is 61.1 Å². The van der Waals surface area contributed by atoms with E-state index in [-0.39, 0.29) is 0 Å². The summed E-state index contributed by atoms with van der Waals surface area (Å²) in [4.78, 5) is 1.53. The Morgan fingerprint density at radius 3 is 1.19 bits per heavy atom. The van der Waals surface area contributed by atoms with Crippen molar-refractivity contribution in [3.8, 4) is 0 Å². The number of sulfone groups is 3. The maximum atomic E-state index is 14.8. The fourth-order valence-corrected chi connectivity index (χ4v) is 12.3. The fraction of sp³-hybridized carbons (Fsp3) is 1.00. The van der Waals surface area contributed by atoms with E-state index in [4.69, 9.17) is 0 Å². The third-order valence-corrected chi connectivity index (χ3v) is 17.4. The van der Waals surface area contributed by atoms with E-state index in [0.717, 1.165) is 0 Å². The zero-order chi connectivity index (χ0) is 35.3. The normalized spacial score (nSPS) is 21.2. The number of piperidine rings is 1. The minimum absolute atomic E-state index is 0.617. The lowest BCUT2D eigenvalue weighted by Gasteiger charge is -2.53. The zero-order valence-corrected chi connectivity index (χ0v) is 25.5. The molecule has 0 aromatic heterocycles. The van der Waals surface area contributed by atoms with Gasteiger partial charge in [0, 0.05) is 11.1 Å². The molecule has 0 amide bonds. The van der Waals surface area contributed by atoms with Gasteiger partial charge in [0.25, 0.3) is 32.9 Å². The molecule has 1 fully saturated rings. The van der Waals surface area contributed by atoms with E-state index in [1.165, 1.54) is 39.6 Å². The zero-order valence-electron chi connectivity index (χ0n) is 22.3. The monoisotopic (exact) mass is 741 g/mol. The van der Waals surface area contributed by atoms with E-state index in [0.29, 0.717) is 0 Å². The second-order valence-electron chi connectivity index (χ2n) is 10.6. The predicted molar refractivity (Wildman–Crippen MR) is 121 cm³/mol. The molecule has 0 atom stereocenters. The highest BCUT2D eigenvalue weighted by molar-refractivity contribution is 8.26. The Kier molecular flexibility index (Phi) is 9.46. The van der Waals surface area contributed by atoms with Crippen LogP contribution in [-0.4, -0.2) is 93.7 Å². The van der Waals surface area contributed by atoms with Gasteiger partial charge in [-0.1, -0.05) is 0 Å². The number of alkyl halides is 12. The van der Waals surface area contributed by atoms with Crippen LogP contribution in [0.15, 0.2) is 0 Å². The van der Waals surface area contributed by atoms with Crippen LogP contribution in [0.25, 0.3) is 0 Å². The van der Waals surface area contributed by atoms with Crippen molar-refractivity contribution in [3.05, 3.63) is 0 Å². The number of rotatable bonds is 9. The minimum atomic E-state index is -9.27. The Morgan fingerprint density at radius 2 is 0.907 bits per heavy atom. The summed E-state index contributed by atoms with van der Waals surface area (Å²) in [6.07, 6.45) is -3.29. The van der Waals surface area contributed by atoms with Crippen molar-refractivity contribution in [2.24, 2.45) is 0 Å². The summed E-state index contributed by atoms with van der Waals surface area (Å²) in [5, 5.41) is -15.9. The van der Waals surface area contributed by atoms with E-state index in [1.807, 2.05) is 0 Å². The van der Waals surface area contributed by atoms with E-state index in [1.54, 1.807) is 0 Å². The van der Waals surface area contributed by atoms with Crippen LogP contribution >= 0.6 is 0 Å². The molecule has 1 saturated heterocycles. The van der Waals surface area contributed by atoms with Crippen LogP contribution < -0.4 is 0 Å². The van der Waals surface area contributed by atoms with Gasteiger partial charge in [-0.3, -0.25) is 9.08 Å². The summed E-state index contributed by atoms with van der Waals surface area (Å²) >= 11 is 0. The van der Waals surface area contributed by atoms with Crippen LogP contribution in [0.2, 0.25) is 0 Å². The smallest absolute Gasteiger partial charge is 0.296 e. The molecule has 0 aliphatic carbocycles. The predicted octanol–water partition coefficient (Wildman–Crippen LogP) is 3.76. The lowest BCUT2D eigenvalue weighted by molar-refractivity contribution is -0.247. The lowest BCUT2D eigenvalue weighted by Crippen LogP contribution is -2.69. The molecular formula is C17H23F12NO9S4. The summed E-state index contributed by atoms with van der Waals surface area (Å²) in [6.45, 7) is 3.66. The molecule has 0 aromatic carbocycles. The number of hydrogen-bond acceptors (Lipinski definition) is 10. The maximum absolute atomic E-state index is 14.8. The van der Waals surface area contributed by atoms with E-state index in [2.05, 4.69) is 4.18 Å². The largest absolute Gasteiger partial charge is 0.500 e. The molecule has 1 heterocycles. The number of nitrogens with zero attached hydrogens (tertiary/aromatic N) is 1. The Labute approximate surface area is 237 Å². The van der Waals surface area contributed by atoms with Crippen LogP contribution in [0.3, 0.4) is 0 Å². The number of hydrogen-bond donors (Lipinski definition) is 0. The standard InChI is InChI=1S/C17H23F12NO9S4/c1-10(2)7-9(8-11(3,4)30(10)6)39-43(37,38)15(22,23)13(18,19)14(20,21)40(31,32)12(5,41(33,34)16(24,25)26)42(35,36)17(27,28)29/h9H,7-8H2,1-6H3. The van der Waals surface area contributed by atoms with Gasteiger partial charge in [-0.05, 0) is 54.5 Å². The van der Waals surface area contributed by atoms with Gasteiger partial charge in [0.2, 0.25) is 0 Å². The summed E-state index contributed by atoms with van der Waals surface area (Å²) in [5.41, 5.74) is -17.5. The summed E-state index contributed by atoms with van der Waals surface area (Å²) in [7, 11) is -32.9. The van der Waals surface area contributed by atoms with Crippen molar-refractivity contribution < 1.29 is 90.5 Å². The molecule has 1 aliphatic rings. The second-order valence-corrected chi connectivity index (χ2v) is 19.9. The van der Waals surface area contributed by atoms with E-state index in [9.17, 15) is 86.4 Å². The third kappa shape index (κ3) is 5.41. The number of halogens is 12. The van der Waals surface area contributed by atoms with Gasteiger partial charge >= 0.3 is 37.6 Å². The number of likely N-dealkylation sites (tertiary alicyclic amines) is 1. The molecule has 0 unspecified atom stereocenters. The first-order valence-corrected chi connectivity index (χ1v) is 16.7. The first kappa shape index (κ1) is 39.9. The maximum Gasteiger partial charge on any atom is 0.500 e. The van der Waals surface area contributed by atoms with Crippen LogP contribution in [0.4, 0.5) is 52.7 Å². The van der Waals surface area contributed by atoms with Gasteiger partial charge in [0.05, 0.1) is 6.10 Å². The Morgan fingerprint density at radius 1 is 0.605 bits per heavy atom. The summed E-state index contributed by atoms with van der Waals surface area (Å²) in [6, 6.07) is 0. The first-order chi connectivity index (χ1) is 18.2. The highest BCUT2D eigenvalue weighted by Gasteiger charge is 2.89. The first-order valence-electron chi connectivity index (χ1n) is 10.9. The molecule has 0 spiro atoms. The van der Waals surface area contributed by atoms with Crippen LogP contribution in [-0.2, 0) is 43.8 Å². The third-order valence-electron chi connectivity index (χ3n) is 6.99. The average molecular weight is 742 g/mol. The molecule has 26 heteroatoms. The van der Waals surface area contributed by atoms with Crippen molar-refractivity contribution in [2.45, 2.75) is 95.5 Å². The highest BCUT2D eigenvalue weighted by atomic mass is 32.3. The SMILES string of the molecule is CN1C(C)(C)CC(OS(=O)(=O)C(F)(F)C(F)(F)C(F)(F)S(=O)(=O)C(C)(S(=O)(=O)C(F)(F)F)S(=O)(=O)C(F)(F)F)CC1(C)C. The van der Waals surface area contributed by atoms with Gasteiger partial charge in [-0.25, -0.2) is 25.3 Å². The summed E-state index contributed by atoms with van der Waals surface area (Å²) < 4.78 is 260. The fourth-order valence-electron chi connectivity index (χ4n) is 4.17. The molecular weight excluding hydrogens is 718 g/mol. The van der Waals surface area contributed by atoms with Gasteiger partial charge < -0.3 is 0 Å². The minimum Gasteiger partial charge on any atom is -0.296 e. The molecule has 0 radical (unpaired) electrons. The lowest BCUT2D eigenvalue weighted by atomic mass is 9.79. The highest BCUT2D eigenvalue weighted by Crippen LogP contribution is 2.58. The molecule has 0 aromatic rings. The van der Waals surface area contributed by atoms with Gasteiger partial charge in [0.15, 0.2) is 0 Å². The summed E-state index contributed by atoms with van der Waals surface area (Å²) in [5.74, 6) is -8.18. The van der Waals surface area contributed by atoms with Crippen molar-refractivity contribution in [2.75, 3.05) is 7.05 Å². The molecule has 43 heavy (non-hydrogen) atoms. The van der Waals surface area contributed by atoms with Crippen molar-refractivity contribution in [1.29, 1.82) is 0 Å². The quantitative estimate of drug-likeness (QED) is 0.253. The second kappa shape index (κ2) is 10.2. The van der Waals surface area contributed by atoms with Crippen LogP contribution in [0.5, 0.6) is 0 Å². The Bertz CT molecular complexity index is 1480. The topological polar surface area (TPSA) is 149 Å².